The predicted octanol–water partition coefficient (Wildman–Crippen LogP) is 0.421. The van der Waals surface area contributed by atoms with E-state index in [2.05, 4.69) is 0 Å². The third kappa shape index (κ3) is 3.42. The van der Waals surface area contributed by atoms with E-state index in [-0.39, 0.29) is 24.4 Å². The van der Waals surface area contributed by atoms with E-state index in [0.29, 0.717) is 5.76 Å². The minimum absolute atomic E-state index is 0.0308. The molecular weight excluding hydrogens is 383 g/mol. The van der Waals surface area contributed by atoms with Crippen LogP contribution < -0.4 is 5.32 Å². The van der Waals surface area contributed by atoms with Crippen LogP contribution in [0.5, 0.6) is 0 Å². The largest absolute Gasteiger partial charge is 0.477 e. The van der Waals surface area contributed by atoms with Gasteiger partial charge in [0.15, 0.2) is 0 Å². The average molecular weight is 398 g/mol. The molecule has 144 valence electrons. The lowest BCUT2D eigenvalue weighted by atomic mass is 10.00. The van der Waals surface area contributed by atoms with Crippen molar-refractivity contribution in [3.63, 3.8) is 0 Å². The summed E-state index contributed by atoms with van der Waals surface area (Å²) in [6, 6.07) is 3.09. The van der Waals surface area contributed by atoms with Crippen molar-refractivity contribution >= 4 is 35.5 Å². The van der Waals surface area contributed by atoms with Crippen molar-refractivity contribution in [3.05, 3.63) is 35.4 Å². The van der Waals surface area contributed by atoms with Crippen molar-refractivity contribution in [2.75, 3.05) is 12.4 Å². The highest BCUT2D eigenvalue weighted by Crippen LogP contribution is 2.47. The quantitative estimate of drug-likeness (QED) is 0.401. The van der Waals surface area contributed by atoms with Crippen molar-refractivity contribution in [2.45, 2.75) is 24.5 Å². The summed E-state index contributed by atoms with van der Waals surface area (Å²) in [5.74, 6) is -6.41. The molecular formula is C16H15FN2O7S. The van der Waals surface area contributed by atoms with E-state index in [0.717, 1.165) is 23.6 Å². The Morgan fingerprint density at radius 1 is 1.52 bits per heavy atom. The zero-order chi connectivity index (χ0) is 19.8. The zero-order valence-electron chi connectivity index (χ0n) is 14.1. The number of amides is 2. The highest BCUT2D eigenvalue weighted by molar-refractivity contribution is 8.00. The lowest BCUT2D eigenvalue weighted by molar-refractivity contribution is -0.172. The molecule has 11 heteroatoms. The Labute approximate surface area is 156 Å². The minimum atomic E-state index is -2.72. The monoisotopic (exact) mass is 398 g/mol. The van der Waals surface area contributed by atoms with E-state index in [1.807, 2.05) is 5.32 Å². The van der Waals surface area contributed by atoms with Crippen molar-refractivity contribution in [1.29, 1.82) is 0 Å². The number of rotatable bonds is 6. The van der Waals surface area contributed by atoms with Gasteiger partial charge >= 0.3 is 11.9 Å². The number of carbonyl (C=O) groups is 4. The molecule has 2 N–H and O–H groups in total. The number of halogens is 1. The Kier molecular flexibility index (Phi) is 4.96. The van der Waals surface area contributed by atoms with Gasteiger partial charge in [-0.15, -0.1) is 11.8 Å². The summed E-state index contributed by atoms with van der Waals surface area (Å²) in [5, 5.41) is 10.2. The van der Waals surface area contributed by atoms with Crippen LogP contribution >= 0.6 is 11.8 Å². The fourth-order valence-electron chi connectivity index (χ4n) is 2.81. The first kappa shape index (κ1) is 19.0. The standard InChI is InChI=1S/C16H15FN2O7S/c1-8(20)26-6-9-7-27-15-16(17,14(24)19(15)12(9)13(22)23)18-11(21)5-10-3-2-4-25-10/h2-4,15H,5-7H2,1H3,(H,18,21)(H,22,23)/t15-,16?/m1/s1. The van der Waals surface area contributed by atoms with E-state index in [1.54, 1.807) is 6.07 Å². The van der Waals surface area contributed by atoms with Gasteiger partial charge in [0.2, 0.25) is 5.91 Å². The Morgan fingerprint density at radius 3 is 2.85 bits per heavy atom. The smallest absolute Gasteiger partial charge is 0.352 e. The number of carbonyl (C=O) groups excluding carboxylic acids is 3. The van der Waals surface area contributed by atoms with Gasteiger partial charge in [0.05, 0.1) is 12.7 Å². The fourth-order valence-corrected chi connectivity index (χ4v) is 4.13. The van der Waals surface area contributed by atoms with Crippen molar-refractivity contribution in [2.24, 2.45) is 0 Å². The van der Waals surface area contributed by atoms with E-state index in [1.165, 1.54) is 12.3 Å². The lowest BCUT2D eigenvalue weighted by Crippen LogP contribution is -2.77. The molecule has 2 aliphatic heterocycles. The van der Waals surface area contributed by atoms with Gasteiger partial charge < -0.3 is 19.6 Å². The Morgan fingerprint density at radius 2 is 2.26 bits per heavy atom. The maximum absolute atomic E-state index is 15.1. The minimum Gasteiger partial charge on any atom is -0.477 e. The molecule has 0 aromatic carbocycles. The number of β-lactam (4-membered cyclic amide) rings is 1. The molecule has 3 rings (SSSR count). The molecule has 1 unspecified atom stereocenters. The van der Waals surface area contributed by atoms with Crippen molar-refractivity contribution in [3.8, 4) is 0 Å². The van der Waals surface area contributed by atoms with Crippen LogP contribution in [-0.4, -0.2) is 57.3 Å². The van der Waals surface area contributed by atoms with Crippen LogP contribution in [-0.2, 0) is 30.3 Å². The summed E-state index contributed by atoms with van der Waals surface area (Å²) in [5.41, 5.74) is -0.255. The topological polar surface area (TPSA) is 126 Å². The molecule has 1 aromatic rings. The number of hydrogen-bond acceptors (Lipinski definition) is 7. The number of carboxylic acids is 1. The summed E-state index contributed by atoms with van der Waals surface area (Å²) in [7, 11) is 0. The van der Waals surface area contributed by atoms with Gasteiger partial charge in [-0.05, 0) is 12.1 Å². The first-order valence-corrected chi connectivity index (χ1v) is 8.85. The van der Waals surface area contributed by atoms with Gasteiger partial charge in [0.25, 0.3) is 11.7 Å². The van der Waals surface area contributed by atoms with Crippen molar-refractivity contribution < 1.29 is 37.8 Å². The van der Waals surface area contributed by atoms with Crippen LogP contribution in [0.15, 0.2) is 34.1 Å². The molecule has 0 saturated carbocycles. The Balaban J connectivity index is 1.76. The van der Waals surface area contributed by atoms with Crippen LogP contribution in [0.2, 0.25) is 0 Å². The third-order valence-corrected chi connectivity index (χ3v) is 5.35. The highest BCUT2D eigenvalue weighted by Gasteiger charge is 2.67. The molecule has 2 amide bonds. The Hall–Kier alpha value is -2.82. The van der Waals surface area contributed by atoms with E-state index >= 15 is 4.39 Å². The molecule has 0 bridgehead atoms. The van der Waals surface area contributed by atoms with Gasteiger partial charge in [-0.25, -0.2) is 9.18 Å². The summed E-state index contributed by atoms with van der Waals surface area (Å²) >= 11 is 0.934. The molecule has 1 saturated heterocycles. The number of carboxylic acid groups (broad SMARTS) is 1. The number of ether oxygens (including phenoxy) is 1. The Bertz CT molecular complexity index is 838. The second-order valence-electron chi connectivity index (χ2n) is 5.89. The number of nitrogens with one attached hydrogen (secondary N) is 1. The van der Waals surface area contributed by atoms with Gasteiger partial charge in [-0.3, -0.25) is 19.3 Å². The van der Waals surface area contributed by atoms with Gasteiger partial charge in [0.1, 0.15) is 23.4 Å². The van der Waals surface area contributed by atoms with Crippen molar-refractivity contribution in [1.82, 2.24) is 10.2 Å². The zero-order valence-corrected chi connectivity index (χ0v) is 14.9. The van der Waals surface area contributed by atoms with Crippen LogP contribution in [0.25, 0.3) is 0 Å². The maximum atomic E-state index is 15.1. The SMILES string of the molecule is CC(=O)OCC1=C(C(=O)O)N2C(=O)C(F)(NC(=O)Cc3ccco3)[C@H]2SC1. The molecule has 0 radical (unpaired) electrons. The number of hydrogen-bond donors (Lipinski definition) is 2. The molecule has 0 aliphatic carbocycles. The van der Waals surface area contributed by atoms with Crippen LogP contribution in [0.3, 0.4) is 0 Å². The average Bonchev–Trinajstić information content (AvgIpc) is 3.11. The van der Waals surface area contributed by atoms with Crippen LogP contribution in [0.1, 0.15) is 12.7 Å². The molecule has 1 aromatic heterocycles. The predicted molar refractivity (Wildman–Crippen MR) is 88.8 cm³/mol. The summed E-state index contributed by atoms with van der Waals surface area (Å²) in [4.78, 5) is 47.6. The summed E-state index contributed by atoms with van der Waals surface area (Å²) < 4.78 is 24.9. The summed E-state index contributed by atoms with van der Waals surface area (Å²) in [6.45, 7) is 0.848. The first-order chi connectivity index (χ1) is 12.7. The molecule has 2 aliphatic rings. The third-order valence-electron chi connectivity index (χ3n) is 3.98. The molecule has 3 heterocycles. The van der Waals surface area contributed by atoms with E-state index < -0.39 is 40.6 Å². The number of nitrogens with zero attached hydrogens (tertiary/aromatic N) is 1. The first-order valence-electron chi connectivity index (χ1n) is 7.80. The molecule has 0 spiro atoms. The molecule has 1 fully saturated rings. The highest BCUT2D eigenvalue weighted by atomic mass is 32.2. The number of fused-ring (bicyclic) bond motifs is 1. The molecule has 27 heavy (non-hydrogen) atoms. The number of alkyl halides is 1. The fraction of sp³-hybridized carbons (Fsp3) is 0.375. The normalized spacial score (nSPS) is 24.1. The van der Waals surface area contributed by atoms with Gasteiger partial charge in [0, 0.05) is 18.2 Å². The second kappa shape index (κ2) is 7.06. The number of aliphatic carboxylic acids is 1. The molecule has 2 atom stereocenters. The lowest BCUT2D eigenvalue weighted by Gasteiger charge is -2.52. The van der Waals surface area contributed by atoms with E-state index in [9.17, 15) is 24.3 Å². The van der Waals surface area contributed by atoms with E-state index in [4.69, 9.17) is 9.15 Å². The summed E-state index contributed by atoms with van der Waals surface area (Å²) in [6.07, 6.45) is 1.10. The maximum Gasteiger partial charge on any atom is 0.352 e. The molecule has 9 nitrogen and oxygen atoms in total. The number of furan rings is 1. The van der Waals surface area contributed by atoms with Crippen LogP contribution in [0, 0.1) is 0 Å². The number of esters is 1. The van der Waals surface area contributed by atoms with Gasteiger partial charge in [-0.2, -0.15) is 0 Å². The van der Waals surface area contributed by atoms with Crippen LogP contribution in [0.4, 0.5) is 4.39 Å². The second-order valence-corrected chi connectivity index (χ2v) is 6.96. The van der Waals surface area contributed by atoms with Gasteiger partial charge in [-0.1, -0.05) is 0 Å². The number of thioether (sulfide) groups is 1.